The highest BCUT2D eigenvalue weighted by molar-refractivity contribution is 6.31. The van der Waals surface area contributed by atoms with E-state index in [9.17, 15) is 22.4 Å². The number of nitrogens with two attached hydrogens (primary N) is 1. The molecule has 0 bridgehead atoms. The van der Waals surface area contributed by atoms with Crippen molar-refractivity contribution in [1.29, 1.82) is 0 Å². The number of H-pyrrole nitrogens is 1. The Morgan fingerprint density at radius 1 is 1.03 bits per heavy atom. The first-order valence-corrected chi connectivity index (χ1v) is 10.9. The standard InChI is InChI=1S/C25H19ClF4N4O/c26-17-8-12-20-21(13-17)33-24(32-20)34-23(35)19(11-3-14-1-9-18(27)10-2-14)22(31)15-4-6-16(7-5-15)25(28,29)30/h1-2,4-10,12-13H,3,11,31H2,(H2,32,33,34,35)/b22-19-. The van der Waals surface area contributed by atoms with Gasteiger partial charge in [-0.1, -0.05) is 35.9 Å². The van der Waals surface area contributed by atoms with Crippen LogP contribution >= 0.6 is 11.6 Å². The van der Waals surface area contributed by atoms with Crippen LogP contribution in [0.15, 0.2) is 72.3 Å². The van der Waals surface area contributed by atoms with Crippen LogP contribution in [0.2, 0.25) is 5.02 Å². The third kappa shape index (κ3) is 5.81. The molecule has 0 unspecified atom stereocenters. The Labute approximate surface area is 202 Å². The van der Waals surface area contributed by atoms with Gasteiger partial charge in [-0.3, -0.25) is 10.1 Å². The molecule has 1 heterocycles. The summed E-state index contributed by atoms with van der Waals surface area (Å²) in [5.74, 6) is -0.807. The van der Waals surface area contributed by atoms with Gasteiger partial charge in [0.1, 0.15) is 5.82 Å². The first-order chi connectivity index (χ1) is 16.6. The molecule has 0 aliphatic carbocycles. The van der Waals surface area contributed by atoms with Crippen LogP contribution in [0.1, 0.15) is 23.1 Å². The van der Waals surface area contributed by atoms with Crippen molar-refractivity contribution in [2.24, 2.45) is 5.73 Å². The zero-order valence-electron chi connectivity index (χ0n) is 18.1. The van der Waals surface area contributed by atoms with E-state index >= 15 is 0 Å². The number of fused-ring (bicyclic) bond motifs is 1. The molecule has 0 saturated carbocycles. The highest BCUT2D eigenvalue weighted by Crippen LogP contribution is 2.30. The van der Waals surface area contributed by atoms with Gasteiger partial charge < -0.3 is 10.7 Å². The molecule has 1 aromatic heterocycles. The maximum Gasteiger partial charge on any atom is 0.416 e. The van der Waals surface area contributed by atoms with E-state index in [1.54, 1.807) is 30.3 Å². The molecule has 0 saturated heterocycles. The topological polar surface area (TPSA) is 83.8 Å². The van der Waals surface area contributed by atoms with Gasteiger partial charge in [0.05, 0.1) is 16.6 Å². The van der Waals surface area contributed by atoms with Gasteiger partial charge in [-0.15, -0.1) is 0 Å². The number of amides is 1. The molecule has 10 heteroatoms. The van der Waals surface area contributed by atoms with Crippen LogP contribution in [-0.2, 0) is 17.4 Å². The Morgan fingerprint density at radius 3 is 2.37 bits per heavy atom. The minimum Gasteiger partial charge on any atom is -0.398 e. The van der Waals surface area contributed by atoms with E-state index < -0.39 is 23.5 Å². The molecule has 0 atom stereocenters. The fourth-order valence-corrected chi connectivity index (χ4v) is 3.70. The molecule has 0 radical (unpaired) electrons. The van der Waals surface area contributed by atoms with Crippen LogP contribution in [0.5, 0.6) is 0 Å². The summed E-state index contributed by atoms with van der Waals surface area (Å²) in [6.07, 6.45) is -4.00. The summed E-state index contributed by atoms with van der Waals surface area (Å²) < 4.78 is 52.1. The van der Waals surface area contributed by atoms with Gasteiger partial charge in [0.2, 0.25) is 5.95 Å². The van der Waals surface area contributed by atoms with E-state index in [1.165, 1.54) is 24.3 Å². The normalized spacial score (nSPS) is 12.5. The predicted octanol–water partition coefficient (Wildman–Crippen LogP) is 6.32. The molecule has 4 aromatic rings. The summed E-state index contributed by atoms with van der Waals surface area (Å²) in [5, 5.41) is 3.15. The molecule has 180 valence electrons. The predicted molar refractivity (Wildman–Crippen MR) is 127 cm³/mol. The Bertz CT molecular complexity index is 1390. The van der Waals surface area contributed by atoms with E-state index in [2.05, 4.69) is 15.3 Å². The molecule has 0 aliphatic rings. The van der Waals surface area contributed by atoms with Crippen molar-refractivity contribution < 1.29 is 22.4 Å². The molecule has 0 spiro atoms. The number of nitrogens with one attached hydrogen (secondary N) is 2. The van der Waals surface area contributed by atoms with Gasteiger partial charge in [-0.25, -0.2) is 9.37 Å². The molecule has 0 fully saturated rings. The minimum absolute atomic E-state index is 0.0255. The molecule has 3 aromatic carbocycles. The van der Waals surface area contributed by atoms with E-state index in [0.29, 0.717) is 22.5 Å². The average Bonchev–Trinajstić information content (AvgIpc) is 3.21. The van der Waals surface area contributed by atoms with Crippen LogP contribution in [-0.4, -0.2) is 15.9 Å². The SMILES string of the molecule is N/C(=C(/CCc1ccc(F)cc1)C(=O)Nc1nc2ccc(Cl)cc2[nH]1)c1ccc(C(F)(F)F)cc1. The Hall–Kier alpha value is -3.85. The molecule has 35 heavy (non-hydrogen) atoms. The highest BCUT2D eigenvalue weighted by atomic mass is 35.5. The van der Waals surface area contributed by atoms with Gasteiger partial charge in [0.25, 0.3) is 5.91 Å². The molecule has 0 aliphatic heterocycles. The lowest BCUT2D eigenvalue weighted by Gasteiger charge is -2.13. The number of halogens is 5. The first-order valence-electron chi connectivity index (χ1n) is 10.5. The maximum atomic E-state index is 13.2. The lowest BCUT2D eigenvalue weighted by molar-refractivity contribution is -0.137. The van der Waals surface area contributed by atoms with Gasteiger partial charge in [0, 0.05) is 16.3 Å². The fraction of sp³-hybridized carbons (Fsp3) is 0.120. The molecule has 5 nitrogen and oxygen atoms in total. The second-order valence-corrected chi connectivity index (χ2v) is 8.23. The summed E-state index contributed by atoms with van der Waals surface area (Å²) in [7, 11) is 0. The summed E-state index contributed by atoms with van der Waals surface area (Å²) in [6.45, 7) is 0. The van der Waals surface area contributed by atoms with Crippen molar-refractivity contribution in [3.8, 4) is 0 Å². The zero-order chi connectivity index (χ0) is 25.2. The lowest BCUT2D eigenvalue weighted by atomic mass is 9.98. The largest absolute Gasteiger partial charge is 0.416 e. The van der Waals surface area contributed by atoms with Crippen molar-refractivity contribution in [1.82, 2.24) is 9.97 Å². The number of aryl methyl sites for hydroxylation is 1. The number of carbonyl (C=O) groups is 1. The first kappa shape index (κ1) is 24.3. The zero-order valence-corrected chi connectivity index (χ0v) is 18.8. The summed E-state index contributed by atoms with van der Waals surface area (Å²) in [4.78, 5) is 20.4. The summed E-state index contributed by atoms with van der Waals surface area (Å²) in [6, 6.07) is 15.0. The smallest absolute Gasteiger partial charge is 0.398 e. The van der Waals surface area contributed by atoms with Crippen molar-refractivity contribution in [2.45, 2.75) is 19.0 Å². The van der Waals surface area contributed by atoms with Crippen LogP contribution in [0.25, 0.3) is 16.7 Å². The summed E-state index contributed by atoms with van der Waals surface area (Å²) in [5.41, 5.74) is 7.82. The molecule has 4 N–H and O–H groups in total. The monoisotopic (exact) mass is 502 g/mol. The number of imidazole rings is 1. The number of anilines is 1. The van der Waals surface area contributed by atoms with Crippen LogP contribution < -0.4 is 11.1 Å². The number of carbonyl (C=O) groups excluding carboxylic acids is 1. The number of hydrogen-bond donors (Lipinski definition) is 3. The fourth-order valence-electron chi connectivity index (χ4n) is 3.53. The Morgan fingerprint density at radius 2 is 1.71 bits per heavy atom. The average molecular weight is 503 g/mol. The highest BCUT2D eigenvalue weighted by Gasteiger charge is 2.30. The van der Waals surface area contributed by atoms with Gasteiger partial charge in [0.15, 0.2) is 0 Å². The van der Waals surface area contributed by atoms with E-state index in [1.807, 2.05) is 0 Å². The number of nitrogens with zero attached hydrogens (tertiary/aromatic N) is 1. The van der Waals surface area contributed by atoms with Crippen molar-refractivity contribution in [2.75, 3.05) is 5.32 Å². The number of alkyl halides is 3. The lowest BCUT2D eigenvalue weighted by Crippen LogP contribution is -2.20. The van der Waals surface area contributed by atoms with Crippen LogP contribution in [0.4, 0.5) is 23.5 Å². The Kier molecular flexibility index (Phi) is 6.79. The van der Waals surface area contributed by atoms with Crippen molar-refractivity contribution >= 4 is 40.2 Å². The van der Waals surface area contributed by atoms with Gasteiger partial charge in [-0.05, 0) is 66.4 Å². The van der Waals surface area contributed by atoms with E-state index in [-0.39, 0.29) is 29.2 Å². The minimum atomic E-state index is -4.50. The second kappa shape index (κ2) is 9.79. The van der Waals surface area contributed by atoms with E-state index in [4.69, 9.17) is 17.3 Å². The third-order valence-corrected chi connectivity index (χ3v) is 5.61. The number of aromatic amines is 1. The third-order valence-electron chi connectivity index (χ3n) is 5.38. The molecular weight excluding hydrogens is 484 g/mol. The molecular formula is C25H19ClF4N4O. The van der Waals surface area contributed by atoms with Crippen LogP contribution in [0, 0.1) is 5.82 Å². The number of hydrogen-bond acceptors (Lipinski definition) is 3. The van der Waals surface area contributed by atoms with Crippen molar-refractivity contribution in [3.05, 3.63) is 99.8 Å². The van der Waals surface area contributed by atoms with Gasteiger partial charge >= 0.3 is 6.18 Å². The number of rotatable bonds is 6. The molecule has 4 rings (SSSR count). The quantitative estimate of drug-likeness (QED) is 0.213. The number of benzene rings is 3. The van der Waals surface area contributed by atoms with Gasteiger partial charge in [-0.2, -0.15) is 13.2 Å². The number of aromatic nitrogens is 2. The second-order valence-electron chi connectivity index (χ2n) is 7.79. The maximum absolute atomic E-state index is 13.2. The molecule has 1 amide bonds. The van der Waals surface area contributed by atoms with Crippen LogP contribution in [0.3, 0.4) is 0 Å². The Balaban J connectivity index is 1.64. The van der Waals surface area contributed by atoms with Crippen molar-refractivity contribution in [3.63, 3.8) is 0 Å². The van der Waals surface area contributed by atoms with E-state index in [0.717, 1.165) is 17.7 Å². The summed E-state index contributed by atoms with van der Waals surface area (Å²) >= 11 is 5.99.